The lowest BCUT2D eigenvalue weighted by atomic mass is 9.96. The molecule has 0 bridgehead atoms. The van der Waals surface area contributed by atoms with Crippen molar-refractivity contribution in [3.63, 3.8) is 0 Å². The van der Waals surface area contributed by atoms with E-state index in [2.05, 4.69) is 17.0 Å². The monoisotopic (exact) mass is 334 g/mol. The lowest BCUT2D eigenvalue weighted by Crippen LogP contribution is -2.40. The summed E-state index contributed by atoms with van der Waals surface area (Å²) < 4.78 is 10.3. The van der Waals surface area contributed by atoms with E-state index in [1.54, 1.807) is 19.1 Å². The van der Waals surface area contributed by atoms with Crippen LogP contribution in [-0.4, -0.2) is 69.8 Å². The molecule has 1 fully saturated rings. The van der Waals surface area contributed by atoms with Crippen LogP contribution in [-0.2, 0) is 16.0 Å². The van der Waals surface area contributed by atoms with E-state index in [1.165, 1.54) is 5.56 Å². The average Bonchev–Trinajstić information content (AvgIpc) is 2.61. The summed E-state index contributed by atoms with van der Waals surface area (Å²) in [6.45, 7) is 4.28. The molecule has 5 nitrogen and oxygen atoms in total. The Kier molecular flexibility index (Phi) is 7.53. The molecule has 1 amide bonds. The zero-order valence-corrected chi connectivity index (χ0v) is 15.2. The molecule has 5 heteroatoms. The predicted molar refractivity (Wildman–Crippen MR) is 95.4 cm³/mol. The van der Waals surface area contributed by atoms with Gasteiger partial charge in [-0.25, -0.2) is 0 Å². The number of carbonyl (C=O) groups excluding carboxylic acids is 1. The number of amides is 1. The Hall–Kier alpha value is -1.59. The van der Waals surface area contributed by atoms with Crippen molar-refractivity contribution in [3.8, 4) is 5.75 Å². The Morgan fingerprint density at radius 1 is 1.25 bits per heavy atom. The maximum Gasteiger partial charge on any atom is 0.248 e. The van der Waals surface area contributed by atoms with Gasteiger partial charge >= 0.3 is 0 Å². The molecule has 1 aliphatic rings. The van der Waals surface area contributed by atoms with Crippen molar-refractivity contribution in [2.45, 2.75) is 19.3 Å². The van der Waals surface area contributed by atoms with Gasteiger partial charge in [0.2, 0.25) is 5.91 Å². The molecule has 0 saturated carbocycles. The highest BCUT2D eigenvalue weighted by atomic mass is 16.5. The molecule has 0 unspecified atom stereocenters. The van der Waals surface area contributed by atoms with Crippen LogP contribution in [0.25, 0.3) is 0 Å². The Labute approximate surface area is 145 Å². The minimum Gasteiger partial charge on any atom is -0.496 e. The third-order valence-electron chi connectivity index (χ3n) is 4.82. The summed E-state index contributed by atoms with van der Waals surface area (Å²) >= 11 is 0. The van der Waals surface area contributed by atoms with Gasteiger partial charge in [0.05, 0.1) is 7.11 Å². The number of hydrogen-bond donors (Lipinski definition) is 0. The smallest absolute Gasteiger partial charge is 0.248 e. The van der Waals surface area contributed by atoms with Crippen molar-refractivity contribution in [1.29, 1.82) is 0 Å². The fourth-order valence-corrected chi connectivity index (χ4v) is 3.30. The predicted octanol–water partition coefficient (Wildman–Crippen LogP) is 2.05. The molecule has 1 saturated heterocycles. The highest BCUT2D eigenvalue weighted by Gasteiger charge is 2.22. The van der Waals surface area contributed by atoms with Crippen LogP contribution < -0.4 is 4.74 Å². The summed E-state index contributed by atoms with van der Waals surface area (Å²) in [6.07, 6.45) is 3.31. The van der Waals surface area contributed by atoms with E-state index < -0.39 is 0 Å². The first kappa shape index (κ1) is 18.7. The Morgan fingerprint density at radius 2 is 1.96 bits per heavy atom. The number of para-hydroxylation sites is 1. The zero-order valence-electron chi connectivity index (χ0n) is 15.2. The number of methoxy groups -OCH3 is 2. The number of ether oxygens (including phenoxy) is 2. The summed E-state index contributed by atoms with van der Waals surface area (Å²) in [7, 11) is 5.16. The van der Waals surface area contributed by atoms with Crippen molar-refractivity contribution in [3.05, 3.63) is 29.8 Å². The topological polar surface area (TPSA) is 42.0 Å². The SMILES string of the molecule is COCC(=O)N(C)CC1CCN(CCc2ccccc2OC)CC1. The minimum atomic E-state index is 0.0658. The van der Waals surface area contributed by atoms with E-state index in [-0.39, 0.29) is 12.5 Å². The standard InChI is InChI=1S/C19H30N2O3/c1-20(19(22)15-23-2)14-16-8-11-21(12-9-16)13-10-17-6-4-5-7-18(17)24-3/h4-7,16H,8-15H2,1-3H3. The molecule has 0 radical (unpaired) electrons. The summed E-state index contributed by atoms with van der Waals surface area (Å²) in [5, 5.41) is 0. The summed E-state index contributed by atoms with van der Waals surface area (Å²) in [6, 6.07) is 8.24. The van der Waals surface area contributed by atoms with Gasteiger partial charge in [-0.3, -0.25) is 4.79 Å². The molecule has 0 atom stereocenters. The Morgan fingerprint density at radius 3 is 2.62 bits per heavy atom. The third-order valence-corrected chi connectivity index (χ3v) is 4.82. The van der Waals surface area contributed by atoms with Gasteiger partial charge in [0.25, 0.3) is 0 Å². The fourth-order valence-electron chi connectivity index (χ4n) is 3.30. The van der Waals surface area contributed by atoms with Gasteiger partial charge in [0.15, 0.2) is 0 Å². The van der Waals surface area contributed by atoms with Gasteiger partial charge in [-0.05, 0) is 49.9 Å². The zero-order chi connectivity index (χ0) is 17.4. The first-order valence-electron chi connectivity index (χ1n) is 8.71. The molecule has 0 aromatic heterocycles. The van der Waals surface area contributed by atoms with Crippen LogP contribution in [0, 0.1) is 5.92 Å². The Bertz CT molecular complexity index is 513. The molecule has 1 aromatic carbocycles. The molecule has 0 spiro atoms. The number of likely N-dealkylation sites (N-methyl/N-ethyl adjacent to an activating group) is 1. The molecule has 2 rings (SSSR count). The molecular weight excluding hydrogens is 304 g/mol. The van der Waals surface area contributed by atoms with Gasteiger partial charge < -0.3 is 19.3 Å². The minimum absolute atomic E-state index is 0.0658. The molecule has 0 N–H and O–H groups in total. The van der Waals surface area contributed by atoms with Crippen LogP contribution >= 0.6 is 0 Å². The number of likely N-dealkylation sites (tertiary alicyclic amines) is 1. The maximum atomic E-state index is 11.8. The molecule has 1 aliphatic heterocycles. The first-order valence-corrected chi connectivity index (χ1v) is 8.71. The third kappa shape index (κ3) is 5.49. The highest BCUT2D eigenvalue weighted by Crippen LogP contribution is 2.21. The highest BCUT2D eigenvalue weighted by molar-refractivity contribution is 5.77. The molecular formula is C19H30N2O3. The van der Waals surface area contributed by atoms with Gasteiger partial charge in [0, 0.05) is 27.2 Å². The van der Waals surface area contributed by atoms with Crippen LogP contribution in [0.2, 0.25) is 0 Å². The molecule has 1 heterocycles. The second-order valence-corrected chi connectivity index (χ2v) is 6.55. The van der Waals surface area contributed by atoms with Crippen LogP contribution in [0.5, 0.6) is 5.75 Å². The van der Waals surface area contributed by atoms with Gasteiger partial charge in [0.1, 0.15) is 12.4 Å². The van der Waals surface area contributed by atoms with E-state index in [9.17, 15) is 4.79 Å². The van der Waals surface area contributed by atoms with Crippen molar-refractivity contribution < 1.29 is 14.3 Å². The molecule has 0 aliphatic carbocycles. The normalized spacial score (nSPS) is 16.1. The summed E-state index contributed by atoms with van der Waals surface area (Å²) in [4.78, 5) is 16.1. The van der Waals surface area contributed by atoms with Crippen LogP contribution in [0.1, 0.15) is 18.4 Å². The second-order valence-electron chi connectivity index (χ2n) is 6.55. The quantitative estimate of drug-likeness (QED) is 0.730. The van der Waals surface area contributed by atoms with E-state index in [0.29, 0.717) is 5.92 Å². The number of piperidine rings is 1. The van der Waals surface area contributed by atoms with E-state index in [1.807, 2.05) is 19.2 Å². The van der Waals surface area contributed by atoms with E-state index in [4.69, 9.17) is 9.47 Å². The van der Waals surface area contributed by atoms with Crippen LogP contribution in [0.3, 0.4) is 0 Å². The van der Waals surface area contributed by atoms with E-state index in [0.717, 1.165) is 51.2 Å². The number of benzene rings is 1. The molecule has 134 valence electrons. The summed E-state index contributed by atoms with van der Waals surface area (Å²) in [5.41, 5.74) is 1.27. The van der Waals surface area contributed by atoms with Crippen molar-refractivity contribution in [1.82, 2.24) is 9.80 Å². The number of carbonyl (C=O) groups is 1. The maximum absolute atomic E-state index is 11.8. The first-order chi connectivity index (χ1) is 11.6. The average molecular weight is 334 g/mol. The lowest BCUT2D eigenvalue weighted by Gasteiger charge is -2.34. The second kappa shape index (κ2) is 9.64. The van der Waals surface area contributed by atoms with Crippen LogP contribution in [0.15, 0.2) is 24.3 Å². The number of rotatable bonds is 8. The largest absolute Gasteiger partial charge is 0.496 e. The fraction of sp³-hybridized carbons (Fsp3) is 0.632. The van der Waals surface area contributed by atoms with Crippen molar-refractivity contribution >= 4 is 5.91 Å². The van der Waals surface area contributed by atoms with E-state index >= 15 is 0 Å². The number of nitrogens with zero attached hydrogens (tertiary/aromatic N) is 2. The molecule has 1 aromatic rings. The van der Waals surface area contributed by atoms with Crippen molar-refractivity contribution in [2.75, 3.05) is 54.1 Å². The lowest BCUT2D eigenvalue weighted by molar-refractivity contribution is -0.134. The van der Waals surface area contributed by atoms with Crippen LogP contribution in [0.4, 0.5) is 0 Å². The van der Waals surface area contributed by atoms with Gasteiger partial charge in [-0.15, -0.1) is 0 Å². The van der Waals surface area contributed by atoms with Crippen molar-refractivity contribution in [2.24, 2.45) is 5.92 Å². The number of hydrogen-bond acceptors (Lipinski definition) is 4. The van der Waals surface area contributed by atoms with Gasteiger partial charge in [-0.2, -0.15) is 0 Å². The Balaban J connectivity index is 1.72. The molecule has 24 heavy (non-hydrogen) atoms. The van der Waals surface area contributed by atoms with Gasteiger partial charge in [-0.1, -0.05) is 18.2 Å². The summed E-state index contributed by atoms with van der Waals surface area (Å²) in [5.74, 6) is 1.64.